The molecule has 0 saturated carbocycles. The summed E-state index contributed by atoms with van der Waals surface area (Å²) in [7, 11) is 1.30. The molecule has 28 nitrogen and oxygen atoms in total. The van der Waals surface area contributed by atoms with Crippen LogP contribution >= 0.6 is 0 Å². The van der Waals surface area contributed by atoms with Gasteiger partial charge in [-0.25, -0.2) is 14.4 Å². The number of nitrogens with two attached hydrogens (primary N) is 1. The van der Waals surface area contributed by atoms with Gasteiger partial charge in [-0.2, -0.15) is 0 Å². The molecule has 76 heavy (non-hydrogen) atoms. The molecule has 4 heterocycles. The van der Waals surface area contributed by atoms with Crippen LogP contribution in [0.2, 0.25) is 0 Å². The predicted molar refractivity (Wildman–Crippen MR) is 273 cm³/mol. The van der Waals surface area contributed by atoms with Gasteiger partial charge in [0.15, 0.2) is 18.5 Å². The van der Waals surface area contributed by atoms with Gasteiger partial charge in [-0.05, 0) is 50.6 Å². The number of unbranched alkanes of at least 4 members (excludes halogenated alkanes) is 4. The predicted octanol–water partition coefficient (Wildman–Crippen LogP) is -3.17. The van der Waals surface area contributed by atoms with Crippen LogP contribution in [0.1, 0.15) is 99.1 Å². The highest BCUT2D eigenvalue weighted by Gasteiger charge is 2.55. The number of carbonyl (C=O) groups excluding carboxylic acids is 3. The summed E-state index contributed by atoms with van der Waals surface area (Å²) in [5, 5.41) is 82.8. The molecule has 15 N–H and O–H groups in total. The summed E-state index contributed by atoms with van der Waals surface area (Å²) < 4.78 is 25.3. The quantitative estimate of drug-likeness (QED) is 0.0317. The zero-order valence-corrected chi connectivity index (χ0v) is 44.5. The van der Waals surface area contributed by atoms with Crippen molar-refractivity contribution in [2.24, 2.45) is 22.6 Å². The topological polar surface area (TPSA) is 412 Å². The Morgan fingerprint density at radius 3 is 2.16 bits per heavy atom. The molecule has 0 aliphatic carbocycles. The Morgan fingerprint density at radius 1 is 0.868 bits per heavy atom. The van der Waals surface area contributed by atoms with E-state index in [2.05, 4.69) is 48.8 Å². The summed E-state index contributed by atoms with van der Waals surface area (Å²) in [6, 6.07) is -6.98. The first kappa shape index (κ1) is 63.2. The van der Waals surface area contributed by atoms with Crippen molar-refractivity contribution in [1.29, 1.82) is 0 Å². The minimum Gasteiger partial charge on any atom is -0.480 e. The maximum atomic E-state index is 14.1. The molecule has 15 atom stereocenters. The highest BCUT2D eigenvalue weighted by molar-refractivity contribution is 5.94. The lowest BCUT2D eigenvalue weighted by Gasteiger charge is -2.39. The van der Waals surface area contributed by atoms with Crippen LogP contribution in [0.15, 0.2) is 26.8 Å². The molecule has 1 aromatic rings. The van der Waals surface area contributed by atoms with E-state index >= 15 is 0 Å². The maximum Gasteiger partial charge on any atom is 0.330 e. The molecule has 4 rings (SSSR count). The Labute approximate surface area is 441 Å². The largest absolute Gasteiger partial charge is 0.480 e. The highest BCUT2D eigenvalue weighted by Crippen LogP contribution is 2.36. The van der Waals surface area contributed by atoms with Gasteiger partial charge in [0, 0.05) is 45.6 Å². The van der Waals surface area contributed by atoms with E-state index in [4.69, 9.17) is 24.7 Å². The lowest BCUT2D eigenvalue weighted by Crippen LogP contribution is -2.66. The Balaban J connectivity index is 1.63. The van der Waals surface area contributed by atoms with Crippen LogP contribution < -0.4 is 48.9 Å². The molecular formula is C48H83N11O17. The normalized spacial score (nSPS) is 26.0. The molecule has 3 aliphatic heterocycles. The molecule has 1 unspecified atom stereocenters. The van der Waals surface area contributed by atoms with E-state index in [1.165, 1.54) is 12.0 Å². The van der Waals surface area contributed by atoms with Gasteiger partial charge in [0.1, 0.15) is 66.9 Å². The van der Waals surface area contributed by atoms with Crippen LogP contribution in [0.4, 0.5) is 4.79 Å². The van der Waals surface area contributed by atoms with Crippen molar-refractivity contribution in [3.05, 3.63) is 33.1 Å². The summed E-state index contributed by atoms with van der Waals surface area (Å²) in [6.07, 6.45) is -9.16. The molecule has 0 radical (unpaired) electrons. The number of aliphatic hydroxyl groups excluding tert-OH is 4. The third-order valence-electron chi connectivity index (χ3n) is 13.7. The molecule has 432 valence electrons. The van der Waals surface area contributed by atoms with Gasteiger partial charge in [0.2, 0.25) is 11.8 Å². The number of nitrogens with one attached hydrogen (secondary N) is 7. The minimum atomic E-state index is -1.90. The number of methoxy groups -OCH3 is 1. The molecule has 3 aliphatic rings. The van der Waals surface area contributed by atoms with E-state index in [1.54, 1.807) is 27.7 Å². The fourth-order valence-corrected chi connectivity index (χ4v) is 9.34. The highest BCUT2D eigenvalue weighted by atomic mass is 16.7. The fourth-order valence-electron chi connectivity index (χ4n) is 9.34. The first-order valence-electron chi connectivity index (χ1n) is 26.2. The summed E-state index contributed by atoms with van der Waals surface area (Å²) in [6.45, 7) is 11.2. The number of hydrogen-bond acceptors (Lipinski definition) is 20. The zero-order chi connectivity index (χ0) is 56.4. The van der Waals surface area contributed by atoms with Gasteiger partial charge in [0.05, 0.1) is 12.1 Å². The van der Waals surface area contributed by atoms with Crippen molar-refractivity contribution < 1.29 is 73.6 Å². The number of aliphatic hydroxyl groups is 4. The van der Waals surface area contributed by atoms with Gasteiger partial charge in [-0.1, -0.05) is 67.2 Å². The molecule has 0 bridgehead atoms. The van der Waals surface area contributed by atoms with Gasteiger partial charge >= 0.3 is 23.7 Å². The standard InChI is InChI=1S/C48H83N11O17/c1-8-10-12-17-50-23-27-34(62)39(73-7)45(74-27)76-37(38-35(63)36(64)42(75-38)59-22-16-28(60)54-48(59)72)32(44(69)70)58(20-13-11-9-2)21-14-18-51-40(65)31(33(61)25(5)6)55-41(66)30(26-15-19-52-46(49)53-26)57-47(71)56-29(24(3)4)43(67)68/h16,22,24-27,29-39,42,45,50,61-64H,8-15,17-21,23H2,1-7H3,(H,51,65)(H,55,66)(H,67,68)(H,69,70)(H3,49,52,53)(H,54,60,72)(H2,56,57,71)/t26-,27+,29-,30-,31-,32-,33-,34+,35-,36+,37?,38-,39+,42+,45-/m0/s1. The number of aromatic amines is 1. The number of ether oxygens (including phenoxy) is 4. The Hall–Kier alpha value is -5.30. The average molecular weight is 1090 g/mol. The number of rotatable bonds is 32. The average Bonchev–Trinajstić information content (AvgIpc) is 3.83. The summed E-state index contributed by atoms with van der Waals surface area (Å²) in [5.74, 6) is -5.69. The number of amides is 4. The molecule has 0 spiro atoms. The molecule has 1 aromatic heterocycles. The SMILES string of the molecule is CCCCCNC[C@H]1O[C@@H](OC([C@H]2O[C@@H](n3ccc(=O)[nH]c3=O)[C@H](O)[C@@H]2O)[C@@H](C(=O)O)N(CCCCC)CCCNC(=O)[C@@H](NC(=O)[C@@H](NC(=O)N[C@H](C(=O)O)C(C)C)[C@@H]2CCN=C(N)N2)[C@@H](O)C(C)C)[C@H](OC)[C@@H]1O. The second-order valence-electron chi connectivity index (χ2n) is 20.1. The number of carboxylic acids is 2. The second kappa shape index (κ2) is 30.6. The van der Waals surface area contributed by atoms with E-state index in [0.717, 1.165) is 42.5 Å². The number of H-pyrrole nitrogens is 1. The minimum absolute atomic E-state index is 0.0268. The maximum absolute atomic E-state index is 14.1. The van der Waals surface area contributed by atoms with Crippen molar-refractivity contribution in [2.75, 3.05) is 46.4 Å². The fraction of sp³-hybridized carbons (Fsp3) is 0.792. The number of aliphatic carboxylic acids is 2. The molecule has 28 heteroatoms. The molecule has 4 amide bonds. The van der Waals surface area contributed by atoms with E-state index < -0.39 is 144 Å². The van der Waals surface area contributed by atoms with Crippen LogP contribution in [0.25, 0.3) is 0 Å². The van der Waals surface area contributed by atoms with Crippen LogP contribution in [0.3, 0.4) is 0 Å². The molecule has 2 fully saturated rings. The molecular weight excluding hydrogens is 1000 g/mol. The number of aliphatic imine (C=N–C) groups is 1. The van der Waals surface area contributed by atoms with Crippen molar-refractivity contribution in [3.63, 3.8) is 0 Å². The Bertz CT molecular complexity index is 2180. The van der Waals surface area contributed by atoms with E-state index in [-0.39, 0.29) is 51.5 Å². The van der Waals surface area contributed by atoms with Crippen molar-refractivity contribution in [2.45, 2.75) is 184 Å². The zero-order valence-electron chi connectivity index (χ0n) is 44.5. The summed E-state index contributed by atoms with van der Waals surface area (Å²) in [4.78, 5) is 99.5. The smallest absolute Gasteiger partial charge is 0.330 e. The molecule has 2 saturated heterocycles. The number of guanidine groups is 1. The number of urea groups is 1. The third-order valence-corrected chi connectivity index (χ3v) is 13.7. The number of carboxylic acid groups (broad SMARTS) is 2. The van der Waals surface area contributed by atoms with Crippen LogP contribution in [0.5, 0.6) is 0 Å². The monoisotopic (exact) mass is 1090 g/mol. The summed E-state index contributed by atoms with van der Waals surface area (Å²) in [5.41, 5.74) is 4.18. The van der Waals surface area contributed by atoms with Gasteiger partial charge < -0.3 is 87.2 Å². The van der Waals surface area contributed by atoms with E-state index in [1.807, 2.05) is 6.92 Å². The van der Waals surface area contributed by atoms with Crippen LogP contribution in [-0.4, -0.2) is 213 Å². The second-order valence-corrected chi connectivity index (χ2v) is 20.1. The number of carbonyl (C=O) groups is 5. The van der Waals surface area contributed by atoms with Crippen LogP contribution in [-0.2, 0) is 38.1 Å². The lowest BCUT2D eigenvalue weighted by atomic mass is 9.96. The van der Waals surface area contributed by atoms with Gasteiger partial charge in [-0.15, -0.1) is 0 Å². The first-order valence-corrected chi connectivity index (χ1v) is 26.2. The van der Waals surface area contributed by atoms with Crippen molar-refractivity contribution in [1.82, 2.24) is 46.4 Å². The third kappa shape index (κ3) is 17.4. The number of aromatic nitrogens is 2. The summed E-state index contributed by atoms with van der Waals surface area (Å²) >= 11 is 0. The number of nitrogens with zero attached hydrogens (tertiary/aromatic N) is 3. The van der Waals surface area contributed by atoms with Crippen molar-refractivity contribution in [3.8, 4) is 0 Å². The van der Waals surface area contributed by atoms with Crippen molar-refractivity contribution >= 4 is 35.7 Å². The van der Waals surface area contributed by atoms with E-state index in [0.29, 0.717) is 19.4 Å². The van der Waals surface area contributed by atoms with Crippen LogP contribution in [0, 0.1) is 11.8 Å². The lowest BCUT2D eigenvalue weighted by molar-refractivity contribution is -0.238. The van der Waals surface area contributed by atoms with Gasteiger partial charge in [-0.3, -0.25) is 38.6 Å². The van der Waals surface area contributed by atoms with Gasteiger partial charge in [0.25, 0.3) is 5.56 Å². The molecule has 0 aromatic carbocycles. The Morgan fingerprint density at radius 2 is 1.55 bits per heavy atom. The first-order chi connectivity index (χ1) is 36.1. The Kier molecular flexibility index (Phi) is 25.5. The number of hydrogen-bond donors (Lipinski definition) is 14. The van der Waals surface area contributed by atoms with E-state index in [9.17, 15) is 64.2 Å².